The van der Waals surface area contributed by atoms with Gasteiger partial charge in [0, 0.05) is 20.2 Å². The van der Waals surface area contributed by atoms with Crippen molar-refractivity contribution in [3.8, 4) is 0 Å². The Hall–Kier alpha value is -2.32. The van der Waals surface area contributed by atoms with E-state index in [1.807, 2.05) is 11.3 Å². The lowest BCUT2D eigenvalue weighted by Crippen LogP contribution is -1.70. The molecular formula is C18H10OS. The molecule has 0 aliphatic rings. The summed E-state index contributed by atoms with van der Waals surface area (Å²) in [4.78, 5) is 0. The van der Waals surface area contributed by atoms with E-state index in [0.29, 0.717) is 0 Å². The molecule has 0 amide bonds. The Morgan fingerprint density at radius 1 is 0.600 bits per heavy atom. The van der Waals surface area contributed by atoms with E-state index in [4.69, 9.17) is 4.42 Å². The molecule has 0 unspecified atom stereocenters. The highest BCUT2D eigenvalue weighted by atomic mass is 32.1. The summed E-state index contributed by atoms with van der Waals surface area (Å²) < 4.78 is 8.60. The van der Waals surface area contributed by atoms with Gasteiger partial charge in [-0.05, 0) is 35.0 Å². The Balaban J connectivity index is 2.32. The highest BCUT2D eigenvalue weighted by Gasteiger charge is 2.13. The molecule has 20 heavy (non-hydrogen) atoms. The van der Waals surface area contributed by atoms with Crippen molar-refractivity contribution in [1.29, 1.82) is 0 Å². The van der Waals surface area contributed by atoms with Gasteiger partial charge in [0.1, 0.15) is 11.2 Å². The van der Waals surface area contributed by atoms with Crippen LogP contribution in [0.25, 0.3) is 42.1 Å². The Kier molecular flexibility index (Phi) is 1.89. The second-order valence-corrected chi connectivity index (χ2v) is 6.09. The van der Waals surface area contributed by atoms with Crippen LogP contribution in [-0.4, -0.2) is 0 Å². The Morgan fingerprint density at radius 2 is 1.30 bits per heavy atom. The van der Waals surface area contributed by atoms with Crippen molar-refractivity contribution in [2.45, 2.75) is 0 Å². The van der Waals surface area contributed by atoms with Crippen molar-refractivity contribution in [3.05, 3.63) is 60.7 Å². The van der Waals surface area contributed by atoms with E-state index >= 15 is 0 Å². The van der Waals surface area contributed by atoms with E-state index in [9.17, 15) is 0 Å². The first-order valence-corrected chi connectivity index (χ1v) is 7.45. The van der Waals surface area contributed by atoms with Gasteiger partial charge in [0.05, 0.1) is 0 Å². The maximum Gasteiger partial charge on any atom is 0.136 e. The average Bonchev–Trinajstić information content (AvgIpc) is 2.79. The molecule has 0 fully saturated rings. The van der Waals surface area contributed by atoms with E-state index < -0.39 is 0 Å². The van der Waals surface area contributed by atoms with Crippen LogP contribution in [0.15, 0.2) is 65.1 Å². The van der Waals surface area contributed by atoms with Crippen LogP contribution in [0.5, 0.6) is 0 Å². The summed E-state index contributed by atoms with van der Waals surface area (Å²) in [6.07, 6.45) is 0. The van der Waals surface area contributed by atoms with E-state index in [0.717, 1.165) is 11.2 Å². The van der Waals surface area contributed by atoms with Gasteiger partial charge >= 0.3 is 0 Å². The molecule has 0 aliphatic carbocycles. The number of rotatable bonds is 0. The fourth-order valence-corrected chi connectivity index (χ4v) is 4.16. The van der Waals surface area contributed by atoms with E-state index in [1.54, 1.807) is 0 Å². The zero-order valence-corrected chi connectivity index (χ0v) is 11.4. The zero-order valence-electron chi connectivity index (χ0n) is 10.6. The lowest BCUT2D eigenvalue weighted by Gasteiger charge is -1.96. The maximum absolute atomic E-state index is 6.01. The predicted octanol–water partition coefficient (Wildman–Crippen LogP) is 5.95. The number of hydrogen-bond acceptors (Lipinski definition) is 2. The minimum atomic E-state index is 0.974. The zero-order chi connectivity index (χ0) is 13.1. The minimum Gasteiger partial charge on any atom is -0.456 e. The first-order valence-electron chi connectivity index (χ1n) is 6.63. The van der Waals surface area contributed by atoms with Gasteiger partial charge in [-0.15, -0.1) is 11.3 Å². The lowest BCUT2D eigenvalue weighted by atomic mass is 10.1. The molecule has 94 valence electrons. The van der Waals surface area contributed by atoms with Gasteiger partial charge in [0.25, 0.3) is 0 Å². The van der Waals surface area contributed by atoms with Gasteiger partial charge in [-0.3, -0.25) is 0 Å². The van der Waals surface area contributed by atoms with Crippen molar-refractivity contribution < 1.29 is 4.42 Å². The number of hydrogen-bond donors (Lipinski definition) is 0. The molecule has 2 heterocycles. The first-order chi connectivity index (χ1) is 9.92. The van der Waals surface area contributed by atoms with E-state index in [1.165, 1.54) is 30.9 Å². The average molecular weight is 274 g/mol. The molecule has 3 aromatic carbocycles. The highest BCUT2D eigenvalue weighted by molar-refractivity contribution is 7.24. The predicted molar refractivity (Wildman–Crippen MR) is 86.6 cm³/mol. The molecule has 2 aromatic heterocycles. The normalized spacial score (nSPS) is 12.0. The molecule has 0 saturated carbocycles. The summed E-state index contributed by atoms with van der Waals surface area (Å²) in [7, 11) is 0. The number of furan rings is 1. The largest absolute Gasteiger partial charge is 0.456 e. The van der Waals surface area contributed by atoms with Crippen LogP contribution in [0.1, 0.15) is 0 Å². The minimum absolute atomic E-state index is 0.974. The van der Waals surface area contributed by atoms with Gasteiger partial charge < -0.3 is 4.42 Å². The third-order valence-electron chi connectivity index (χ3n) is 3.88. The van der Waals surface area contributed by atoms with E-state index in [-0.39, 0.29) is 0 Å². The summed E-state index contributed by atoms with van der Waals surface area (Å²) in [5.74, 6) is 0. The second kappa shape index (κ2) is 3.62. The number of benzene rings is 3. The summed E-state index contributed by atoms with van der Waals surface area (Å²) in [5.41, 5.74) is 1.95. The fourth-order valence-electron chi connectivity index (χ4n) is 3.04. The van der Waals surface area contributed by atoms with Gasteiger partial charge in [0.15, 0.2) is 0 Å². The summed E-state index contributed by atoms with van der Waals surface area (Å²) in [5, 5.41) is 5.06. The quantitative estimate of drug-likeness (QED) is 0.340. The summed E-state index contributed by atoms with van der Waals surface area (Å²) in [6.45, 7) is 0. The smallest absolute Gasteiger partial charge is 0.136 e. The van der Waals surface area contributed by atoms with Crippen LogP contribution in [0.4, 0.5) is 0 Å². The molecule has 5 rings (SSSR count). The molecular weight excluding hydrogens is 264 g/mol. The van der Waals surface area contributed by atoms with Crippen LogP contribution >= 0.6 is 11.3 Å². The van der Waals surface area contributed by atoms with Gasteiger partial charge in [0.2, 0.25) is 0 Å². The SMILES string of the molecule is c1ccc2c(c1)sc1cccc3oc4cccc2c4c31. The van der Waals surface area contributed by atoms with Gasteiger partial charge in [-0.25, -0.2) is 0 Å². The van der Waals surface area contributed by atoms with Crippen molar-refractivity contribution >= 4 is 53.4 Å². The molecule has 0 aliphatic heterocycles. The third kappa shape index (κ3) is 1.22. The Labute approximate surface area is 119 Å². The standard InChI is InChI=1S/C18H10OS/c1-2-9-15-11(5-1)12-6-3-7-13-17(12)18-14(19-13)8-4-10-16(18)20-15/h1-10H. The van der Waals surface area contributed by atoms with Crippen molar-refractivity contribution in [2.24, 2.45) is 0 Å². The molecule has 0 saturated heterocycles. The molecule has 5 aromatic rings. The fraction of sp³-hybridized carbons (Fsp3) is 0. The van der Waals surface area contributed by atoms with Crippen LogP contribution in [0.3, 0.4) is 0 Å². The monoisotopic (exact) mass is 274 g/mol. The van der Waals surface area contributed by atoms with Crippen LogP contribution in [0, 0.1) is 0 Å². The van der Waals surface area contributed by atoms with Gasteiger partial charge in [-0.2, -0.15) is 0 Å². The van der Waals surface area contributed by atoms with Crippen molar-refractivity contribution in [3.63, 3.8) is 0 Å². The van der Waals surface area contributed by atoms with Crippen molar-refractivity contribution in [2.75, 3.05) is 0 Å². The third-order valence-corrected chi connectivity index (χ3v) is 5.02. The van der Waals surface area contributed by atoms with Crippen LogP contribution in [-0.2, 0) is 0 Å². The van der Waals surface area contributed by atoms with Gasteiger partial charge in [-0.1, -0.05) is 36.4 Å². The van der Waals surface area contributed by atoms with Crippen LogP contribution < -0.4 is 0 Å². The maximum atomic E-state index is 6.01. The Bertz CT molecular complexity index is 1100. The van der Waals surface area contributed by atoms with Crippen molar-refractivity contribution in [1.82, 2.24) is 0 Å². The Morgan fingerprint density at radius 3 is 2.25 bits per heavy atom. The molecule has 2 heteroatoms. The summed E-state index contributed by atoms with van der Waals surface area (Å²) in [6, 6.07) is 21.2. The highest BCUT2D eigenvalue weighted by Crippen LogP contribution is 2.40. The molecule has 0 bridgehead atoms. The van der Waals surface area contributed by atoms with E-state index in [2.05, 4.69) is 60.7 Å². The molecule has 1 nitrogen and oxygen atoms in total. The molecule has 0 spiro atoms. The molecule has 0 atom stereocenters. The second-order valence-electron chi connectivity index (χ2n) is 5.01. The van der Waals surface area contributed by atoms with Crippen LogP contribution in [0.2, 0.25) is 0 Å². The first kappa shape index (κ1) is 10.5. The molecule has 0 radical (unpaired) electrons. The topological polar surface area (TPSA) is 13.1 Å². The number of fused-ring (bicyclic) bond motifs is 2. The summed E-state index contributed by atoms with van der Waals surface area (Å²) >= 11 is 1.83. The molecule has 0 N–H and O–H groups in total. The lowest BCUT2D eigenvalue weighted by molar-refractivity contribution is 0.669.